The first kappa shape index (κ1) is 11.5. The fraction of sp³-hybridized carbons (Fsp3) is 0. The molecule has 17 heavy (non-hydrogen) atoms. The molecule has 0 saturated carbocycles. The summed E-state index contributed by atoms with van der Waals surface area (Å²) in [6.45, 7) is 0. The molecule has 0 saturated heterocycles. The molecule has 4 heteroatoms. The molecule has 0 bridgehead atoms. The molecule has 0 amide bonds. The molecule has 3 aromatic rings. The Bertz CT molecular complexity index is 743. The highest BCUT2D eigenvalue weighted by Crippen LogP contribution is 2.10. The highest BCUT2D eigenvalue weighted by atomic mass is 35.5. The number of fused-ring (bicyclic) bond motifs is 2. The fourth-order valence-electron chi connectivity index (χ4n) is 1.70. The summed E-state index contributed by atoms with van der Waals surface area (Å²) in [5.41, 5.74) is 1.81. The maximum atomic E-state index is 11.8. The van der Waals surface area contributed by atoms with Crippen molar-refractivity contribution >= 4 is 34.3 Å². The Kier molecular flexibility index (Phi) is 3.02. The van der Waals surface area contributed by atoms with Crippen LogP contribution >= 0.6 is 12.4 Å². The van der Waals surface area contributed by atoms with Crippen LogP contribution in [0.1, 0.15) is 0 Å². The number of benzene rings is 2. The van der Waals surface area contributed by atoms with E-state index in [1.54, 1.807) is 12.1 Å². The molecule has 3 nitrogen and oxygen atoms in total. The predicted molar refractivity (Wildman–Crippen MR) is 70.6 cm³/mol. The van der Waals surface area contributed by atoms with E-state index in [-0.39, 0.29) is 18.0 Å². The van der Waals surface area contributed by atoms with Gasteiger partial charge in [0.15, 0.2) is 0 Å². The van der Waals surface area contributed by atoms with Crippen LogP contribution in [0.3, 0.4) is 0 Å². The van der Waals surface area contributed by atoms with Gasteiger partial charge < -0.3 is 0 Å². The van der Waals surface area contributed by atoms with E-state index in [2.05, 4.69) is 9.97 Å². The third-order valence-corrected chi connectivity index (χ3v) is 2.48. The van der Waals surface area contributed by atoms with Gasteiger partial charge in [-0.3, -0.25) is 4.79 Å². The molecular weight excluding hydrogens is 236 g/mol. The van der Waals surface area contributed by atoms with Crippen molar-refractivity contribution in [2.24, 2.45) is 0 Å². The highest BCUT2D eigenvalue weighted by molar-refractivity contribution is 5.85. The number of nitrogens with zero attached hydrogens (tertiary/aromatic N) is 2. The molecule has 3 rings (SSSR count). The minimum atomic E-state index is -0.232. The summed E-state index contributed by atoms with van der Waals surface area (Å²) in [7, 11) is 0. The normalized spacial score (nSPS) is 10.1. The Morgan fingerprint density at radius 3 is 1.94 bits per heavy atom. The Labute approximate surface area is 104 Å². The van der Waals surface area contributed by atoms with Gasteiger partial charge in [0.05, 0.1) is 21.9 Å². The second-order valence-corrected chi connectivity index (χ2v) is 3.53. The van der Waals surface area contributed by atoms with Gasteiger partial charge in [-0.1, -0.05) is 24.3 Å². The lowest BCUT2D eigenvalue weighted by Crippen LogP contribution is -2.01. The van der Waals surface area contributed by atoms with E-state index < -0.39 is 0 Å². The summed E-state index contributed by atoms with van der Waals surface area (Å²) in [5.74, 6) is 0. The SMILES string of the molecule is Cl.O=c1nc2ccccc2nc2ccccc12. The molecule has 0 spiro atoms. The second kappa shape index (κ2) is 4.47. The third kappa shape index (κ3) is 1.97. The van der Waals surface area contributed by atoms with Gasteiger partial charge in [-0.05, 0) is 24.3 Å². The van der Waals surface area contributed by atoms with Crippen molar-refractivity contribution < 1.29 is 0 Å². The van der Waals surface area contributed by atoms with Crippen molar-refractivity contribution in [3.05, 3.63) is 58.9 Å². The fourth-order valence-corrected chi connectivity index (χ4v) is 1.70. The van der Waals surface area contributed by atoms with Crippen LogP contribution in [0.4, 0.5) is 0 Å². The lowest BCUT2D eigenvalue weighted by molar-refractivity contribution is 1.35. The van der Waals surface area contributed by atoms with Crippen LogP contribution in [0.15, 0.2) is 53.3 Å². The van der Waals surface area contributed by atoms with Crippen LogP contribution in [0, 0.1) is 0 Å². The lowest BCUT2D eigenvalue weighted by Gasteiger charge is -1.88. The van der Waals surface area contributed by atoms with Crippen molar-refractivity contribution in [3.63, 3.8) is 0 Å². The van der Waals surface area contributed by atoms with Crippen molar-refractivity contribution in [2.45, 2.75) is 0 Å². The van der Waals surface area contributed by atoms with Crippen molar-refractivity contribution in [2.75, 3.05) is 0 Å². The molecule has 84 valence electrons. The van der Waals surface area contributed by atoms with Crippen LogP contribution in [-0.2, 0) is 0 Å². The number of para-hydroxylation sites is 3. The third-order valence-electron chi connectivity index (χ3n) is 2.48. The number of hydrogen-bond donors (Lipinski definition) is 0. The molecule has 0 N–H and O–H groups in total. The minimum Gasteiger partial charge on any atom is -0.267 e. The van der Waals surface area contributed by atoms with Crippen molar-refractivity contribution in [1.82, 2.24) is 9.97 Å². The van der Waals surface area contributed by atoms with E-state index in [1.807, 2.05) is 36.4 Å². The summed E-state index contributed by atoms with van der Waals surface area (Å²) in [6, 6.07) is 14.6. The molecule has 1 aromatic heterocycles. The first-order valence-electron chi connectivity index (χ1n) is 5.00. The second-order valence-electron chi connectivity index (χ2n) is 3.53. The Hall–Kier alpha value is -2.00. The molecule has 0 aliphatic heterocycles. The predicted octanol–water partition coefficient (Wildman–Crippen LogP) is 2.57. The smallest absolute Gasteiger partial charge is 0.267 e. The summed E-state index contributed by atoms with van der Waals surface area (Å²) >= 11 is 0. The molecule has 1 heterocycles. The number of aromatic nitrogens is 2. The zero-order valence-electron chi connectivity index (χ0n) is 8.83. The zero-order chi connectivity index (χ0) is 11.0. The van der Waals surface area contributed by atoms with E-state index in [0.717, 1.165) is 5.52 Å². The highest BCUT2D eigenvalue weighted by Gasteiger charge is 2.00. The van der Waals surface area contributed by atoms with Crippen LogP contribution in [0.5, 0.6) is 0 Å². The van der Waals surface area contributed by atoms with Gasteiger partial charge in [0, 0.05) is 0 Å². The van der Waals surface area contributed by atoms with Crippen LogP contribution < -0.4 is 5.56 Å². The summed E-state index contributed by atoms with van der Waals surface area (Å²) in [4.78, 5) is 20.3. The quantitative estimate of drug-likeness (QED) is 0.610. The standard InChI is InChI=1S/C13H8N2O.ClH/c16-13-9-5-1-2-6-10(9)14-11-7-3-4-8-12(11)15-13;/h1-8H;1H. The summed E-state index contributed by atoms with van der Waals surface area (Å²) in [6.07, 6.45) is 0. The van der Waals surface area contributed by atoms with Crippen LogP contribution in [0.2, 0.25) is 0 Å². The van der Waals surface area contributed by atoms with Crippen LogP contribution in [-0.4, -0.2) is 9.97 Å². The molecule has 0 unspecified atom stereocenters. The maximum Gasteiger partial charge on any atom is 0.279 e. The number of halogens is 1. The topological polar surface area (TPSA) is 42.9 Å². The first-order valence-corrected chi connectivity index (χ1v) is 5.00. The maximum absolute atomic E-state index is 11.8. The van der Waals surface area contributed by atoms with Gasteiger partial charge in [0.25, 0.3) is 5.56 Å². The van der Waals surface area contributed by atoms with Gasteiger partial charge in [-0.25, -0.2) is 9.97 Å². The lowest BCUT2D eigenvalue weighted by atomic mass is 10.2. The molecule has 0 fully saturated rings. The monoisotopic (exact) mass is 244 g/mol. The Balaban J connectivity index is 0.00000108. The van der Waals surface area contributed by atoms with Crippen molar-refractivity contribution in [1.29, 1.82) is 0 Å². The van der Waals surface area contributed by atoms with Gasteiger partial charge >= 0.3 is 0 Å². The summed E-state index contributed by atoms with van der Waals surface area (Å²) in [5, 5.41) is 0.554. The van der Waals surface area contributed by atoms with E-state index >= 15 is 0 Å². The minimum absolute atomic E-state index is 0. The first-order chi connectivity index (χ1) is 7.84. The zero-order valence-corrected chi connectivity index (χ0v) is 9.65. The Morgan fingerprint density at radius 1 is 0.706 bits per heavy atom. The Morgan fingerprint density at radius 2 is 1.24 bits per heavy atom. The van der Waals surface area contributed by atoms with E-state index in [0.29, 0.717) is 16.4 Å². The van der Waals surface area contributed by atoms with Crippen LogP contribution in [0.25, 0.3) is 21.9 Å². The molecule has 0 atom stereocenters. The van der Waals surface area contributed by atoms with Gasteiger partial charge in [0.2, 0.25) is 0 Å². The van der Waals surface area contributed by atoms with E-state index in [4.69, 9.17) is 0 Å². The molecule has 2 aromatic carbocycles. The van der Waals surface area contributed by atoms with Gasteiger partial charge in [-0.2, -0.15) is 0 Å². The van der Waals surface area contributed by atoms with E-state index in [9.17, 15) is 4.79 Å². The number of hydrogen-bond acceptors (Lipinski definition) is 3. The van der Waals surface area contributed by atoms with E-state index in [1.165, 1.54) is 0 Å². The van der Waals surface area contributed by atoms with Gasteiger partial charge in [-0.15, -0.1) is 12.4 Å². The van der Waals surface area contributed by atoms with Gasteiger partial charge in [0.1, 0.15) is 0 Å². The van der Waals surface area contributed by atoms with Crippen molar-refractivity contribution in [3.8, 4) is 0 Å². The molecule has 0 aliphatic rings. The average molecular weight is 245 g/mol. The summed E-state index contributed by atoms with van der Waals surface area (Å²) < 4.78 is 0. The molecule has 0 radical (unpaired) electrons. The molecular formula is C13H9ClN2O. The average Bonchev–Trinajstić information content (AvgIpc) is 2.45. The largest absolute Gasteiger partial charge is 0.279 e. The number of rotatable bonds is 0. The molecule has 0 aliphatic carbocycles.